The number of carbonyl (C=O) groups is 2. The Morgan fingerprint density at radius 3 is 2.41 bits per heavy atom. The van der Waals surface area contributed by atoms with Gasteiger partial charge in [0.2, 0.25) is 0 Å². The first kappa shape index (κ1) is 16.1. The van der Waals surface area contributed by atoms with Crippen LogP contribution in [-0.4, -0.2) is 27.9 Å². The highest BCUT2D eigenvalue weighted by molar-refractivity contribution is 7.80. The Kier molecular flexibility index (Phi) is 4.03. The molecule has 0 radical (unpaired) electrons. The molecule has 2 rings (SSSR count). The van der Waals surface area contributed by atoms with Crippen molar-refractivity contribution in [3.63, 3.8) is 0 Å². The normalized spacial score (nSPS) is 17.0. The molecule has 1 aromatic rings. The summed E-state index contributed by atoms with van der Waals surface area (Å²) in [7, 11) is 0. The van der Waals surface area contributed by atoms with E-state index in [-0.39, 0.29) is 16.6 Å². The van der Waals surface area contributed by atoms with Crippen molar-refractivity contribution in [3.8, 4) is 6.07 Å². The lowest BCUT2D eigenvalue weighted by atomic mass is 9.87. The lowest BCUT2D eigenvalue weighted by molar-refractivity contribution is -0.140. The van der Waals surface area contributed by atoms with Crippen LogP contribution in [-0.2, 0) is 9.59 Å². The molecule has 1 fully saturated rings. The molecule has 1 aliphatic rings. The van der Waals surface area contributed by atoms with Crippen LogP contribution in [0.25, 0.3) is 0 Å². The summed E-state index contributed by atoms with van der Waals surface area (Å²) in [6.07, 6.45) is 0. The van der Waals surface area contributed by atoms with Gasteiger partial charge < -0.3 is 0 Å². The number of rotatable bonds is 2. The molecule has 1 aliphatic heterocycles. The zero-order valence-electron chi connectivity index (χ0n) is 13.0. The van der Waals surface area contributed by atoms with E-state index in [2.05, 4.69) is 0 Å². The molecular weight excluding hydrogens is 298 g/mol. The summed E-state index contributed by atoms with van der Waals surface area (Å²) in [5, 5.41) is 9.13. The van der Waals surface area contributed by atoms with E-state index in [1.54, 1.807) is 24.3 Å². The van der Waals surface area contributed by atoms with E-state index >= 15 is 0 Å². The van der Waals surface area contributed by atoms with Gasteiger partial charge in [0.15, 0.2) is 5.11 Å². The molecule has 114 valence electrons. The monoisotopic (exact) mass is 315 g/mol. The Morgan fingerprint density at radius 1 is 1.23 bits per heavy atom. The topological polar surface area (TPSA) is 64.4 Å². The summed E-state index contributed by atoms with van der Waals surface area (Å²) in [5.74, 6) is -1.31. The third-order valence-corrected chi connectivity index (χ3v) is 4.26. The van der Waals surface area contributed by atoms with Gasteiger partial charge in [-0.3, -0.25) is 14.5 Å². The van der Waals surface area contributed by atoms with Crippen molar-refractivity contribution in [2.75, 3.05) is 4.90 Å². The zero-order valence-corrected chi connectivity index (χ0v) is 13.8. The quantitative estimate of drug-likeness (QED) is 0.621. The van der Waals surface area contributed by atoms with Gasteiger partial charge in [-0.15, -0.1) is 0 Å². The number of carbonyl (C=O) groups excluding carboxylic acids is 2. The van der Waals surface area contributed by atoms with Gasteiger partial charge in [0.1, 0.15) is 0 Å². The first-order chi connectivity index (χ1) is 10.2. The maximum Gasteiger partial charge on any atom is 0.323 e. The Labute approximate surface area is 135 Å². The van der Waals surface area contributed by atoms with Gasteiger partial charge in [0.05, 0.1) is 17.3 Å². The number of amides is 2. The minimum Gasteiger partial charge on any atom is -0.277 e. The number of anilines is 1. The van der Waals surface area contributed by atoms with Gasteiger partial charge in [-0.25, -0.2) is 4.90 Å². The predicted molar refractivity (Wildman–Crippen MR) is 87.0 cm³/mol. The fraction of sp³-hybridized carbons (Fsp3) is 0.375. The van der Waals surface area contributed by atoms with Crippen LogP contribution in [0.15, 0.2) is 24.3 Å². The Morgan fingerprint density at radius 2 is 1.86 bits per heavy atom. The molecule has 5 nitrogen and oxygen atoms in total. The van der Waals surface area contributed by atoms with Crippen molar-refractivity contribution in [1.29, 1.82) is 5.26 Å². The zero-order chi connectivity index (χ0) is 16.7. The maximum absolute atomic E-state index is 12.3. The molecule has 0 aromatic heterocycles. The molecule has 1 saturated heterocycles. The second kappa shape index (κ2) is 5.50. The molecule has 0 N–H and O–H groups in total. The standard InChI is InChI=1S/C16H17N3O2S/c1-10(16(2,3)4)18-13(20)14(21)19(15(18)22)12-7-5-6-11(8-12)9-17/h5-8,10H,1-4H3. The highest BCUT2D eigenvalue weighted by Gasteiger charge is 2.47. The van der Waals surface area contributed by atoms with E-state index in [0.717, 1.165) is 0 Å². The summed E-state index contributed by atoms with van der Waals surface area (Å²) in [6, 6.07) is 8.28. The number of nitriles is 1. The number of hydrogen-bond donors (Lipinski definition) is 0. The van der Waals surface area contributed by atoms with Crippen molar-refractivity contribution in [1.82, 2.24) is 4.90 Å². The fourth-order valence-corrected chi connectivity index (χ4v) is 2.58. The number of nitrogens with zero attached hydrogens (tertiary/aromatic N) is 3. The Bertz CT molecular complexity index is 700. The summed E-state index contributed by atoms with van der Waals surface area (Å²) in [4.78, 5) is 27.2. The predicted octanol–water partition coefficient (Wildman–Crippen LogP) is 2.45. The number of hydrogen-bond acceptors (Lipinski definition) is 4. The fourth-order valence-electron chi connectivity index (χ4n) is 2.15. The van der Waals surface area contributed by atoms with Gasteiger partial charge >= 0.3 is 11.8 Å². The third kappa shape index (κ3) is 2.60. The molecule has 2 amide bonds. The van der Waals surface area contributed by atoms with Crippen molar-refractivity contribution in [2.45, 2.75) is 33.7 Å². The summed E-state index contributed by atoms with van der Waals surface area (Å²) >= 11 is 5.35. The van der Waals surface area contributed by atoms with Gasteiger partial charge in [-0.1, -0.05) is 26.8 Å². The van der Waals surface area contributed by atoms with Crippen LogP contribution >= 0.6 is 12.2 Å². The van der Waals surface area contributed by atoms with E-state index in [1.165, 1.54) is 9.80 Å². The molecule has 1 atom stereocenters. The van der Waals surface area contributed by atoms with E-state index in [0.29, 0.717) is 11.3 Å². The Balaban J connectivity index is 2.44. The molecule has 1 heterocycles. The van der Waals surface area contributed by atoms with Gasteiger partial charge in [-0.2, -0.15) is 5.26 Å². The molecule has 0 bridgehead atoms. The smallest absolute Gasteiger partial charge is 0.277 e. The first-order valence-electron chi connectivity index (χ1n) is 6.90. The van der Waals surface area contributed by atoms with Crippen LogP contribution in [0.3, 0.4) is 0 Å². The molecular formula is C16H17N3O2S. The minimum atomic E-state index is -0.684. The lowest BCUT2D eigenvalue weighted by Gasteiger charge is -2.34. The number of thiocarbonyl (C=S) groups is 1. The molecule has 0 saturated carbocycles. The average molecular weight is 315 g/mol. The van der Waals surface area contributed by atoms with Crippen LogP contribution in [0.5, 0.6) is 0 Å². The summed E-state index contributed by atoms with van der Waals surface area (Å²) < 4.78 is 0. The van der Waals surface area contributed by atoms with E-state index < -0.39 is 11.8 Å². The van der Waals surface area contributed by atoms with Crippen LogP contribution in [0, 0.1) is 16.7 Å². The second-order valence-corrected chi connectivity index (χ2v) is 6.67. The highest BCUT2D eigenvalue weighted by atomic mass is 32.1. The van der Waals surface area contributed by atoms with E-state index in [1.807, 2.05) is 33.8 Å². The van der Waals surface area contributed by atoms with Gasteiger partial charge in [0.25, 0.3) is 0 Å². The van der Waals surface area contributed by atoms with Crippen molar-refractivity contribution in [3.05, 3.63) is 29.8 Å². The van der Waals surface area contributed by atoms with E-state index in [9.17, 15) is 9.59 Å². The van der Waals surface area contributed by atoms with Gasteiger partial charge in [0, 0.05) is 6.04 Å². The molecule has 22 heavy (non-hydrogen) atoms. The van der Waals surface area contributed by atoms with E-state index in [4.69, 9.17) is 17.5 Å². The van der Waals surface area contributed by atoms with Crippen molar-refractivity contribution >= 4 is 34.8 Å². The van der Waals surface area contributed by atoms with Crippen LogP contribution in [0.1, 0.15) is 33.3 Å². The van der Waals surface area contributed by atoms with Crippen LogP contribution in [0.2, 0.25) is 0 Å². The molecule has 6 heteroatoms. The minimum absolute atomic E-state index is 0.160. The SMILES string of the molecule is CC(N1C(=O)C(=O)N(c2cccc(C#N)c2)C1=S)C(C)(C)C. The maximum atomic E-state index is 12.3. The summed E-state index contributed by atoms with van der Waals surface area (Å²) in [5.41, 5.74) is 0.624. The van der Waals surface area contributed by atoms with Gasteiger partial charge in [-0.05, 0) is 42.8 Å². The summed E-state index contributed by atoms with van der Waals surface area (Å²) in [6.45, 7) is 7.82. The largest absolute Gasteiger partial charge is 0.323 e. The van der Waals surface area contributed by atoms with Crippen LogP contribution in [0.4, 0.5) is 5.69 Å². The number of benzene rings is 1. The second-order valence-electron chi connectivity index (χ2n) is 6.30. The molecule has 0 spiro atoms. The highest BCUT2D eigenvalue weighted by Crippen LogP contribution is 2.30. The van der Waals surface area contributed by atoms with Crippen molar-refractivity contribution < 1.29 is 9.59 Å². The molecule has 1 unspecified atom stereocenters. The average Bonchev–Trinajstić information content (AvgIpc) is 2.67. The first-order valence-corrected chi connectivity index (χ1v) is 7.31. The molecule has 1 aromatic carbocycles. The van der Waals surface area contributed by atoms with Crippen LogP contribution < -0.4 is 4.90 Å². The Hall–Kier alpha value is -2.26. The van der Waals surface area contributed by atoms with Crippen molar-refractivity contribution in [2.24, 2.45) is 5.41 Å². The lowest BCUT2D eigenvalue weighted by Crippen LogP contribution is -2.46. The third-order valence-electron chi connectivity index (χ3n) is 3.88. The molecule has 0 aliphatic carbocycles.